The molecule has 114 valence electrons. The third-order valence-electron chi connectivity index (χ3n) is 5.76. The molecule has 2 N–H and O–H groups in total. The second kappa shape index (κ2) is 5.80. The molecule has 3 heteroatoms. The molecule has 2 saturated carbocycles. The maximum atomic E-state index is 12.8. The Morgan fingerprint density at radius 2 is 2.00 bits per heavy atom. The van der Waals surface area contributed by atoms with Crippen LogP contribution in [0.3, 0.4) is 0 Å². The fraction of sp³-hybridized carbons (Fsp3) is 0.611. The van der Waals surface area contributed by atoms with Gasteiger partial charge in [-0.05, 0) is 50.0 Å². The number of amides is 1. The van der Waals surface area contributed by atoms with Crippen molar-refractivity contribution < 1.29 is 4.79 Å². The monoisotopic (exact) mass is 286 g/mol. The van der Waals surface area contributed by atoms with Crippen LogP contribution in [0.25, 0.3) is 0 Å². The summed E-state index contributed by atoms with van der Waals surface area (Å²) in [6, 6.07) is 10.6. The van der Waals surface area contributed by atoms with Crippen LogP contribution >= 0.6 is 0 Å². The summed E-state index contributed by atoms with van der Waals surface area (Å²) in [6.45, 7) is 0.601. The Morgan fingerprint density at radius 3 is 2.57 bits per heavy atom. The van der Waals surface area contributed by atoms with Gasteiger partial charge in [-0.1, -0.05) is 30.3 Å². The van der Waals surface area contributed by atoms with Crippen molar-refractivity contribution in [1.82, 2.24) is 4.90 Å². The average molecular weight is 286 g/mol. The van der Waals surface area contributed by atoms with Crippen LogP contribution in [0, 0.1) is 5.92 Å². The van der Waals surface area contributed by atoms with Crippen LogP contribution in [0.1, 0.15) is 50.0 Å². The molecule has 2 fully saturated rings. The van der Waals surface area contributed by atoms with Gasteiger partial charge in [0.05, 0.1) is 5.54 Å². The van der Waals surface area contributed by atoms with Crippen LogP contribution in [-0.2, 0) is 4.79 Å². The van der Waals surface area contributed by atoms with Gasteiger partial charge in [-0.25, -0.2) is 0 Å². The largest absolute Gasteiger partial charge is 0.339 e. The molecule has 0 aromatic heterocycles. The Bertz CT molecular complexity index is 490. The van der Waals surface area contributed by atoms with Crippen LogP contribution in [0.5, 0.6) is 0 Å². The quantitative estimate of drug-likeness (QED) is 0.925. The lowest BCUT2D eigenvalue weighted by Crippen LogP contribution is -2.59. The number of hydrogen-bond acceptors (Lipinski definition) is 2. The molecule has 2 aliphatic carbocycles. The Morgan fingerprint density at radius 1 is 1.29 bits per heavy atom. The van der Waals surface area contributed by atoms with Crippen LogP contribution in [0.4, 0.5) is 0 Å². The molecule has 0 unspecified atom stereocenters. The summed E-state index contributed by atoms with van der Waals surface area (Å²) in [4.78, 5) is 14.8. The highest BCUT2D eigenvalue weighted by molar-refractivity contribution is 5.80. The van der Waals surface area contributed by atoms with Crippen molar-refractivity contribution in [1.29, 1.82) is 0 Å². The molecule has 21 heavy (non-hydrogen) atoms. The molecule has 0 spiro atoms. The van der Waals surface area contributed by atoms with Crippen LogP contribution < -0.4 is 5.73 Å². The lowest BCUT2D eigenvalue weighted by Gasteiger charge is -2.48. The number of likely N-dealkylation sites (N-methyl/N-ethyl adjacent to an activating group) is 1. The highest BCUT2D eigenvalue weighted by Gasteiger charge is 2.44. The van der Waals surface area contributed by atoms with E-state index >= 15 is 0 Å². The van der Waals surface area contributed by atoms with Crippen molar-refractivity contribution in [3.63, 3.8) is 0 Å². The van der Waals surface area contributed by atoms with Crippen LogP contribution in [0.15, 0.2) is 30.3 Å². The second-order valence-electron chi connectivity index (χ2n) is 6.80. The number of nitrogens with two attached hydrogens (primary N) is 1. The number of carbonyl (C=O) groups is 1. The Balaban J connectivity index is 1.64. The van der Waals surface area contributed by atoms with Crippen LogP contribution in [-0.4, -0.2) is 29.9 Å². The summed E-state index contributed by atoms with van der Waals surface area (Å²) in [6.07, 6.45) is 6.48. The van der Waals surface area contributed by atoms with Crippen molar-refractivity contribution in [2.45, 2.75) is 50.0 Å². The molecular formula is C18H26N2O. The molecule has 0 bridgehead atoms. The summed E-state index contributed by atoms with van der Waals surface area (Å²) in [5, 5.41) is 0. The van der Waals surface area contributed by atoms with E-state index in [-0.39, 0.29) is 11.5 Å². The van der Waals surface area contributed by atoms with Gasteiger partial charge in [0.1, 0.15) is 0 Å². The van der Waals surface area contributed by atoms with Gasteiger partial charge in [0.2, 0.25) is 5.91 Å². The number of carbonyl (C=O) groups excluding carboxylic acids is 1. The van der Waals surface area contributed by atoms with E-state index < -0.39 is 0 Å². The first-order chi connectivity index (χ1) is 10.2. The molecule has 1 aromatic carbocycles. The predicted molar refractivity (Wildman–Crippen MR) is 84.9 cm³/mol. The van der Waals surface area contributed by atoms with Gasteiger partial charge in [0, 0.05) is 19.5 Å². The molecule has 0 radical (unpaired) electrons. The molecule has 3 nitrogen and oxygen atoms in total. The topological polar surface area (TPSA) is 46.3 Å². The molecule has 0 heterocycles. The molecule has 0 saturated heterocycles. The number of hydrogen-bond donors (Lipinski definition) is 1. The fourth-order valence-electron chi connectivity index (χ4n) is 4.00. The SMILES string of the molecule is CN(C(=O)[C@@H]1CC[C@@H](c2ccccc2)C1)C1(CN)CCC1. The zero-order valence-electron chi connectivity index (χ0n) is 12.9. The lowest BCUT2D eigenvalue weighted by atomic mass is 9.75. The molecule has 2 atom stereocenters. The zero-order valence-corrected chi connectivity index (χ0v) is 12.9. The first kappa shape index (κ1) is 14.6. The third kappa shape index (κ3) is 2.59. The standard InChI is InChI=1S/C18H26N2O/c1-20(18(13-19)10-5-11-18)17(21)16-9-8-15(12-16)14-6-3-2-4-7-14/h2-4,6-7,15-16H,5,8-13,19H2,1H3/t15-,16-/m1/s1. The first-order valence-corrected chi connectivity index (χ1v) is 8.19. The number of rotatable bonds is 4. The highest BCUT2D eigenvalue weighted by Crippen LogP contribution is 2.42. The van der Waals surface area contributed by atoms with Crippen molar-refractivity contribution in [3.8, 4) is 0 Å². The molecule has 1 amide bonds. The first-order valence-electron chi connectivity index (χ1n) is 8.19. The van der Waals surface area contributed by atoms with Gasteiger partial charge in [0.25, 0.3) is 0 Å². The van der Waals surface area contributed by atoms with Crippen molar-refractivity contribution >= 4 is 5.91 Å². The van der Waals surface area contributed by atoms with E-state index in [2.05, 4.69) is 30.3 Å². The predicted octanol–water partition coefficient (Wildman–Crippen LogP) is 2.91. The summed E-state index contributed by atoms with van der Waals surface area (Å²) in [5.74, 6) is 1.05. The summed E-state index contributed by atoms with van der Waals surface area (Å²) in [7, 11) is 1.96. The number of nitrogens with zero attached hydrogens (tertiary/aromatic N) is 1. The second-order valence-corrected chi connectivity index (χ2v) is 6.80. The average Bonchev–Trinajstić information content (AvgIpc) is 2.96. The molecule has 1 aromatic rings. The summed E-state index contributed by atoms with van der Waals surface area (Å²) >= 11 is 0. The third-order valence-corrected chi connectivity index (χ3v) is 5.76. The minimum atomic E-state index is -0.0398. The van der Waals surface area contributed by atoms with Crippen molar-refractivity contribution in [2.24, 2.45) is 11.7 Å². The zero-order chi connectivity index (χ0) is 14.9. The minimum Gasteiger partial charge on any atom is -0.339 e. The van der Waals surface area contributed by atoms with Gasteiger partial charge in [-0.15, -0.1) is 0 Å². The molecule has 2 aliphatic rings. The van der Waals surface area contributed by atoms with Crippen LogP contribution in [0.2, 0.25) is 0 Å². The lowest BCUT2D eigenvalue weighted by molar-refractivity contribution is -0.143. The molecule has 0 aliphatic heterocycles. The summed E-state index contributed by atoms with van der Waals surface area (Å²) in [5.41, 5.74) is 7.27. The van der Waals surface area contributed by atoms with E-state index in [1.54, 1.807) is 0 Å². The van der Waals surface area contributed by atoms with Gasteiger partial charge in [0.15, 0.2) is 0 Å². The van der Waals surface area contributed by atoms with Crippen molar-refractivity contribution in [3.05, 3.63) is 35.9 Å². The maximum Gasteiger partial charge on any atom is 0.225 e. The van der Waals surface area contributed by atoms with Gasteiger partial charge < -0.3 is 10.6 Å². The highest BCUT2D eigenvalue weighted by atomic mass is 16.2. The fourth-order valence-corrected chi connectivity index (χ4v) is 4.00. The number of benzene rings is 1. The Hall–Kier alpha value is -1.35. The van der Waals surface area contributed by atoms with Gasteiger partial charge in [-0.2, -0.15) is 0 Å². The van der Waals surface area contributed by atoms with Gasteiger partial charge in [-0.3, -0.25) is 4.79 Å². The van der Waals surface area contributed by atoms with Gasteiger partial charge >= 0.3 is 0 Å². The minimum absolute atomic E-state index is 0.0398. The smallest absolute Gasteiger partial charge is 0.225 e. The van der Waals surface area contributed by atoms with E-state index in [1.807, 2.05) is 11.9 Å². The molecular weight excluding hydrogens is 260 g/mol. The summed E-state index contributed by atoms with van der Waals surface area (Å²) < 4.78 is 0. The van der Waals surface area contributed by atoms with E-state index in [0.717, 1.165) is 32.1 Å². The van der Waals surface area contributed by atoms with E-state index in [4.69, 9.17) is 5.73 Å². The Labute approximate surface area is 127 Å². The van der Waals surface area contributed by atoms with E-state index in [9.17, 15) is 4.79 Å². The maximum absolute atomic E-state index is 12.8. The van der Waals surface area contributed by atoms with E-state index in [1.165, 1.54) is 12.0 Å². The normalized spacial score (nSPS) is 27.1. The van der Waals surface area contributed by atoms with E-state index in [0.29, 0.717) is 18.4 Å². The molecule has 3 rings (SSSR count). The Kier molecular flexibility index (Phi) is 4.03. The van der Waals surface area contributed by atoms with Crippen molar-refractivity contribution in [2.75, 3.05) is 13.6 Å².